The van der Waals surface area contributed by atoms with Crippen molar-refractivity contribution in [3.8, 4) is 0 Å². The van der Waals surface area contributed by atoms with Gasteiger partial charge in [0.2, 0.25) is 5.78 Å². The molecule has 0 bridgehead atoms. The number of aromatic nitrogens is 2. The Kier molecular flexibility index (Phi) is 8.81. The van der Waals surface area contributed by atoms with E-state index in [0.717, 1.165) is 22.5 Å². The molecule has 10 nitrogen and oxygen atoms in total. The number of carbonyl (C=O) groups is 1. The third-order valence-electron chi connectivity index (χ3n) is 5.99. The van der Waals surface area contributed by atoms with E-state index in [1.807, 2.05) is 18.2 Å². The van der Waals surface area contributed by atoms with Crippen molar-refractivity contribution in [3.05, 3.63) is 73.8 Å². The number of carbonyl (C=O) groups excluding carboxylic acids is 1. The lowest BCUT2D eigenvalue weighted by Gasteiger charge is -2.16. The SMILES string of the molecule is CN[C@H](c1cccc(Cl)c1)c1cc(C(=O)c2cncnc2N[C@@H]2C[C@H](O)[C@H](OS(=O)(=O)NC)C2)sc1Cl. The smallest absolute Gasteiger partial charge is 0.335 e. The quantitative estimate of drug-likeness (QED) is 0.264. The molecular weight excluding hydrogens is 561 g/mol. The van der Waals surface area contributed by atoms with E-state index in [-0.39, 0.29) is 42.1 Å². The van der Waals surface area contributed by atoms with Crippen LogP contribution < -0.4 is 15.4 Å². The van der Waals surface area contributed by atoms with E-state index in [1.165, 1.54) is 19.6 Å². The summed E-state index contributed by atoms with van der Waals surface area (Å²) in [5.74, 6) is -0.0632. The first-order chi connectivity index (χ1) is 17.6. The van der Waals surface area contributed by atoms with Crippen molar-refractivity contribution in [3.63, 3.8) is 0 Å². The van der Waals surface area contributed by atoms with Gasteiger partial charge in [-0.2, -0.15) is 13.1 Å². The minimum absolute atomic E-state index is 0.193. The third-order valence-corrected chi connectivity index (χ3v) is 8.61. The number of nitrogens with zero attached hydrogens (tertiary/aromatic N) is 2. The van der Waals surface area contributed by atoms with Crippen LogP contribution >= 0.6 is 34.5 Å². The van der Waals surface area contributed by atoms with Crippen molar-refractivity contribution in [1.29, 1.82) is 0 Å². The maximum absolute atomic E-state index is 13.5. The molecule has 4 rings (SSSR count). The monoisotopic (exact) mass is 585 g/mol. The number of ketones is 1. The molecular formula is C23H25Cl2N5O5S2. The van der Waals surface area contributed by atoms with Gasteiger partial charge in [0.15, 0.2) is 0 Å². The highest BCUT2D eigenvalue weighted by Gasteiger charge is 2.37. The fraction of sp³-hybridized carbons (Fsp3) is 0.348. The Balaban J connectivity index is 1.55. The highest BCUT2D eigenvalue weighted by atomic mass is 35.5. The van der Waals surface area contributed by atoms with Gasteiger partial charge >= 0.3 is 10.3 Å². The Morgan fingerprint density at radius 1 is 1.24 bits per heavy atom. The van der Waals surface area contributed by atoms with Gasteiger partial charge in [-0.05, 0) is 43.7 Å². The number of nitrogens with one attached hydrogen (secondary N) is 3. The molecule has 1 fully saturated rings. The maximum Gasteiger partial charge on any atom is 0.335 e. The molecule has 1 aliphatic carbocycles. The van der Waals surface area contributed by atoms with Crippen LogP contribution in [0.1, 0.15) is 45.2 Å². The van der Waals surface area contributed by atoms with Gasteiger partial charge in [0.25, 0.3) is 0 Å². The van der Waals surface area contributed by atoms with Gasteiger partial charge in [-0.15, -0.1) is 11.3 Å². The molecule has 2 heterocycles. The highest BCUT2D eigenvalue weighted by molar-refractivity contribution is 7.84. The predicted molar refractivity (Wildman–Crippen MR) is 143 cm³/mol. The Labute approximate surface area is 228 Å². The minimum atomic E-state index is -3.96. The third kappa shape index (κ3) is 6.47. The second-order valence-corrected chi connectivity index (χ2v) is 12.0. The number of benzene rings is 1. The second-order valence-electron chi connectivity index (χ2n) is 8.40. The molecule has 0 radical (unpaired) electrons. The molecule has 0 spiro atoms. The molecule has 14 heteroatoms. The summed E-state index contributed by atoms with van der Waals surface area (Å²) in [6.45, 7) is 0. The van der Waals surface area contributed by atoms with E-state index >= 15 is 0 Å². The second kappa shape index (κ2) is 11.7. The summed E-state index contributed by atoms with van der Waals surface area (Å²) in [5, 5.41) is 17.2. The van der Waals surface area contributed by atoms with E-state index in [4.69, 9.17) is 27.4 Å². The standard InChI is InChI=1S/C23H25Cl2N5O5S2/c1-26-20(12-4-3-5-13(24)6-12)15-9-19(36-22(15)25)21(32)16-10-28-11-29-23(16)30-14-7-17(31)18(8-14)35-37(33,34)27-2/h3-6,9-11,14,17-18,20,26-27,31H,7-8H2,1-2H3,(H,28,29,30)/t14-,17+,18-,20-/m1/s1. The molecule has 37 heavy (non-hydrogen) atoms. The van der Waals surface area contributed by atoms with Crippen molar-refractivity contribution in [2.24, 2.45) is 0 Å². The van der Waals surface area contributed by atoms with Crippen LogP contribution in [0.5, 0.6) is 0 Å². The summed E-state index contributed by atoms with van der Waals surface area (Å²) in [7, 11) is -0.947. The van der Waals surface area contributed by atoms with Crippen LogP contribution in [0.2, 0.25) is 9.36 Å². The van der Waals surface area contributed by atoms with E-state index in [0.29, 0.717) is 14.2 Å². The number of hydrogen-bond donors (Lipinski definition) is 4. The van der Waals surface area contributed by atoms with Gasteiger partial charge in [-0.3, -0.25) is 8.98 Å². The molecule has 1 aromatic carbocycles. The van der Waals surface area contributed by atoms with Crippen LogP contribution in [-0.2, 0) is 14.5 Å². The average Bonchev–Trinajstić information content (AvgIpc) is 3.41. The maximum atomic E-state index is 13.5. The van der Waals surface area contributed by atoms with Crippen molar-refractivity contribution < 1.29 is 22.5 Å². The summed E-state index contributed by atoms with van der Waals surface area (Å²) in [6.07, 6.45) is 1.16. The Hall–Kier alpha value is -2.16. The van der Waals surface area contributed by atoms with Crippen LogP contribution in [0.25, 0.3) is 0 Å². The lowest BCUT2D eigenvalue weighted by Crippen LogP contribution is -2.31. The van der Waals surface area contributed by atoms with Crippen LogP contribution in [0.4, 0.5) is 5.82 Å². The normalized spacial score (nSPS) is 20.6. The van der Waals surface area contributed by atoms with Crippen LogP contribution in [0, 0.1) is 0 Å². The van der Waals surface area contributed by atoms with E-state index in [2.05, 4.69) is 25.3 Å². The number of thiophene rings is 1. The average molecular weight is 587 g/mol. The van der Waals surface area contributed by atoms with Crippen molar-refractivity contribution in [1.82, 2.24) is 20.0 Å². The molecule has 0 unspecified atom stereocenters. The Morgan fingerprint density at radius 3 is 2.73 bits per heavy atom. The first-order valence-electron chi connectivity index (χ1n) is 11.2. The minimum Gasteiger partial charge on any atom is -0.390 e. The zero-order chi connectivity index (χ0) is 26.7. The van der Waals surface area contributed by atoms with Crippen molar-refractivity contribution >= 4 is 56.4 Å². The Morgan fingerprint density at radius 2 is 2.03 bits per heavy atom. The molecule has 2 aromatic heterocycles. The number of aliphatic hydroxyl groups is 1. The zero-order valence-corrected chi connectivity index (χ0v) is 23.0. The van der Waals surface area contributed by atoms with E-state index in [9.17, 15) is 18.3 Å². The number of aliphatic hydroxyl groups excluding tert-OH is 1. The Bertz CT molecular complexity index is 1390. The lowest BCUT2D eigenvalue weighted by molar-refractivity contribution is 0.0636. The topological polar surface area (TPSA) is 143 Å². The van der Waals surface area contributed by atoms with Gasteiger partial charge < -0.3 is 15.7 Å². The van der Waals surface area contributed by atoms with Crippen molar-refractivity contribution in [2.45, 2.75) is 37.1 Å². The molecule has 198 valence electrons. The summed E-state index contributed by atoms with van der Waals surface area (Å²) in [5.41, 5.74) is 1.85. The van der Waals surface area contributed by atoms with Crippen molar-refractivity contribution in [2.75, 3.05) is 19.4 Å². The molecule has 3 aromatic rings. The molecule has 0 saturated heterocycles. The number of hydrogen-bond acceptors (Lipinski definition) is 10. The molecule has 0 amide bonds. The lowest BCUT2D eigenvalue weighted by atomic mass is 10.0. The molecule has 4 N–H and O–H groups in total. The zero-order valence-electron chi connectivity index (χ0n) is 19.8. The van der Waals surface area contributed by atoms with Gasteiger partial charge in [0.05, 0.1) is 26.9 Å². The number of halogens is 2. The van der Waals surface area contributed by atoms with Gasteiger partial charge in [0, 0.05) is 29.9 Å². The molecule has 1 aliphatic rings. The fourth-order valence-electron chi connectivity index (χ4n) is 4.23. The predicted octanol–water partition coefficient (Wildman–Crippen LogP) is 3.17. The van der Waals surface area contributed by atoms with Crippen LogP contribution in [0.3, 0.4) is 0 Å². The van der Waals surface area contributed by atoms with Gasteiger partial charge in [-0.1, -0.05) is 35.3 Å². The van der Waals surface area contributed by atoms with Gasteiger partial charge in [-0.25, -0.2) is 9.97 Å². The van der Waals surface area contributed by atoms with Gasteiger partial charge in [0.1, 0.15) is 18.2 Å². The first kappa shape index (κ1) is 27.9. The number of anilines is 1. The number of rotatable bonds is 10. The summed E-state index contributed by atoms with van der Waals surface area (Å²) >= 11 is 13.9. The molecule has 4 atom stereocenters. The van der Waals surface area contributed by atoms with E-state index in [1.54, 1.807) is 19.2 Å². The van der Waals surface area contributed by atoms with Crippen LogP contribution in [-0.4, -0.2) is 61.6 Å². The summed E-state index contributed by atoms with van der Waals surface area (Å²) in [6, 6.07) is 8.46. The summed E-state index contributed by atoms with van der Waals surface area (Å²) < 4.78 is 31.0. The van der Waals surface area contributed by atoms with E-state index < -0.39 is 22.5 Å². The molecule has 0 aliphatic heterocycles. The summed E-state index contributed by atoms with van der Waals surface area (Å²) in [4.78, 5) is 22.1. The highest BCUT2D eigenvalue weighted by Crippen LogP contribution is 2.37. The molecule has 1 saturated carbocycles. The van der Waals surface area contributed by atoms with Crippen LogP contribution in [0.15, 0.2) is 42.9 Å². The fourth-order valence-corrected chi connectivity index (χ4v) is 6.34. The first-order valence-corrected chi connectivity index (χ1v) is 14.2. The largest absolute Gasteiger partial charge is 0.390 e.